The van der Waals surface area contributed by atoms with Gasteiger partial charge in [-0.1, -0.05) is 0 Å². The summed E-state index contributed by atoms with van der Waals surface area (Å²) in [6.45, 7) is 0. The Morgan fingerprint density at radius 1 is 1.30 bits per heavy atom. The fraction of sp³-hybridized carbons (Fsp3) is 0.150. The van der Waals surface area contributed by atoms with Crippen molar-refractivity contribution in [3.63, 3.8) is 0 Å². The topological polar surface area (TPSA) is 90.5 Å². The number of aromatic amines is 1. The van der Waals surface area contributed by atoms with Crippen molar-refractivity contribution >= 4 is 16.6 Å². The lowest BCUT2D eigenvalue weighted by Crippen LogP contribution is -2.07. The zero-order chi connectivity index (χ0) is 18.4. The van der Waals surface area contributed by atoms with Gasteiger partial charge in [0.1, 0.15) is 17.6 Å². The molecule has 132 valence electrons. The van der Waals surface area contributed by atoms with E-state index in [1.54, 1.807) is 12.3 Å². The van der Waals surface area contributed by atoms with E-state index in [4.69, 9.17) is 9.68 Å². The second-order valence-corrected chi connectivity index (χ2v) is 6.58. The van der Waals surface area contributed by atoms with Gasteiger partial charge in [0.05, 0.1) is 23.3 Å². The van der Waals surface area contributed by atoms with E-state index >= 15 is 0 Å². The van der Waals surface area contributed by atoms with E-state index in [1.165, 1.54) is 12.5 Å². The van der Waals surface area contributed by atoms with E-state index in [-0.39, 0.29) is 11.6 Å². The average molecular weight is 359 g/mol. The molecular formula is C20H14FN5O. The van der Waals surface area contributed by atoms with Crippen LogP contribution in [0.2, 0.25) is 0 Å². The average Bonchev–Trinajstić information content (AvgIpc) is 3.41. The zero-order valence-corrected chi connectivity index (χ0v) is 14.2. The molecule has 1 atom stereocenters. The smallest absolute Gasteiger partial charge is 0.181 e. The number of aromatic nitrogens is 3. The first-order valence-corrected chi connectivity index (χ1v) is 8.59. The van der Waals surface area contributed by atoms with Crippen molar-refractivity contribution in [3.05, 3.63) is 65.4 Å². The Morgan fingerprint density at radius 2 is 2.22 bits per heavy atom. The molecule has 4 aromatic rings. The lowest BCUT2D eigenvalue weighted by atomic mass is 10.0. The minimum absolute atomic E-state index is 0.000299. The predicted octanol–water partition coefficient (Wildman–Crippen LogP) is 4.33. The molecule has 0 radical (unpaired) electrons. The number of hydrogen-bond donors (Lipinski definition) is 2. The Kier molecular flexibility index (Phi) is 3.44. The van der Waals surface area contributed by atoms with E-state index in [9.17, 15) is 4.39 Å². The highest BCUT2D eigenvalue weighted by Gasteiger charge is 2.24. The monoisotopic (exact) mass is 359 g/mol. The molecule has 2 heterocycles. The summed E-state index contributed by atoms with van der Waals surface area (Å²) in [6, 6.07) is 10.9. The van der Waals surface area contributed by atoms with Gasteiger partial charge in [-0.25, -0.2) is 9.37 Å². The summed E-state index contributed by atoms with van der Waals surface area (Å²) >= 11 is 0. The molecule has 2 N–H and O–H groups in total. The lowest BCUT2D eigenvalue weighted by Gasteiger charge is -2.16. The predicted molar refractivity (Wildman–Crippen MR) is 97.4 cm³/mol. The number of hydrogen-bond acceptors (Lipinski definition) is 5. The molecule has 2 aromatic heterocycles. The number of nitriles is 1. The fourth-order valence-corrected chi connectivity index (χ4v) is 3.69. The highest BCUT2D eigenvalue weighted by molar-refractivity contribution is 5.93. The largest absolute Gasteiger partial charge is 0.442 e. The first-order chi connectivity index (χ1) is 13.2. The maximum Gasteiger partial charge on any atom is 0.181 e. The zero-order valence-electron chi connectivity index (χ0n) is 14.2. The standard InChI is InChI=1S/C20H14FN5O/c21-16-7-14-11(5-12(16)8-22)1-3-17(14)24-13-2-4-18-15(6-13)20(26-25-18)19-9-23-10-27-19/h2,4-7,9-10,17,24H,1,3H2,(H,25,26)/t17-/m0/s1. The molecule has 0 amide bonds. The molecule has 0 saturated carbocycles. The Labute approximate surface area is 153 Å². The van der Waals surface area contributed by atoms with Crippen LogP contribution in [0, 0.1) is 17.1 Å². The number of benzene rings is 2. The minimum atomic E-state index is -0.470. The lowest BCUT2D eigenvalue weighted by molar-refractivity contribution is 0.570. The Hall–Kier alpha value is -3.66. The van der Waals surface area contributed by atoms with Gasteiger partial charge in [0, 0.05) is 11.1 Å². The SMILES string of the molecule is N#Cc1cc2c(cc1F)[C@@H](Nc1ccc3[nH]nc(-c4cnco4)c3c1)CC2. The van der Waals surface area contributed by atoms with Crippen molar-refractivity contribution in [3.8, 4) is 17.5 Å². The first-order valence-electron chi connectivity index (χ1n) is 8.59. The summed E-state index contributed by atoms with van der Waals surface area (Å²) in [4.78, 5) is 3.94. The molecule has 0 unspecified atom stereocenters. The third kappa shape index (κ3) is 2.54. The summed E-state index contributed by atoms with van der Waals surface area (Å²) in [7, 11) is 0. The number of oxazole rings is 1. The first kappa shape index (κ1) is 15.6. The molecule has 2 aromatic carbocycles. The number of H-pyrrole nitrogens is 1. The van der Waals surface area contributed by atoms with Crippen molar-refractivity contribution in [1.29, 1.82) is 5.26 Å². The number of halogens is 1. The highest BCUT2D eigenvalue weighted by Crippen LogP contribution is 2.36. The number of nitrogens with zero attached hydrogens (tertiary/aromatic N) is 3. The molecule has 7 heteroatoms. The quantitative estimate of drug-likeness (QED) is 0.568. The number of nitrogens with one attached hydrogen (secondary N) is 2. The van der Waals surface area contributed by atoms with Crippen LogP contribution in [-0.2, 0) is 6.42 Å². The summed E-state index contributed by atoms with van der Waals surface area (Å²) in [5, 5.41) is 20.7. The summed E-state index contributed by atoms with van der Waals surface area (Å²) in [5.74, 6) is 0.124. The van der Waals surface area contributed by atoms with Crippen LogP contribution >= 0.6 is 0 Å². The van der Waals surface area contributed by atoms with Gasteiger partial charge in [-0.3, -0.25) is 5.10 Å². The van der Waals surface area contributed by atoms with Crippen LogP contribution in [0.15, 0.2) is 47.3 Å². The molecular weight excluding hydrogens is 345 g/mol. The molecule has 0 bridgehead atoms. The van der Waals surface area contributed by atoms with Crippen molar-refractivity contribution in [2.75, 3.05) is 5.32 Å². The van der Waals surface area contributed by atoms with Crippen molar-refractivity contribution in [2.24, 2.45) is 0 Å². The number of anilines is 1. The Morgan fingerprint density at radius 3 is 3.04 bits per heavy atom. The van der Waals surface area contributed by atoms with Gasteiger partial charge >= 0.3 is 0 Å². The maximum atomic E-state index is 14.1. The number of aryl methyl sites for hydroxylation is 1. The summed E-state index contributed by atoms with van der Waals surface area (Å²) in [6.07, 6.45) is 4.66. The third-order valence-corrected chi connectivity index (χ3v) is 5.00. The molecule has 6 nitrogen and oxygen atoms in total. The molecule has 0 aliphatic heterocycles. The van der Waals surface area contributed by atoms with Crippen molar-refractivity contribution in [2.45, 2.75) is 18.9 Å². The number of rotatable bonds is 3. The van der Waals surface area contributed by atoms with E-state index < -0.39 is 5.82 Å². The van der Waals surface area contributed by atoms with Gasteiger partial charge in [-0.15, -0.1) is 0 Å². The second-order valence-electron chi connectivity index (χ2n) is 6.58. The highest BCUT2D eigenvalue weighted by atomic mass is 19.1. The van der Waals surface area contributed by atoms with E-state index in [0.29, 0.717) is 11.5 Å². The molecule has 27 heavy (non-hydrogen) atoms. The van der Waals surface area contributed by atoms with Crippen molar-refractivity contribution < 1.29 is 8.81 Å². The van der Waals surface area contributed by atoms with Gasteiger partial charge in [-0.05, 0) is 54.3 Å². The van der Waals surface area contributed by atoms with Gasteiger partial charge in [0.25, 0.3) is 0 Å². The molecule has 1 aliphatic carbocycles. The Bertz CT molecular complexity index is 1190. The molecule has 1 aliphatic rings. The van der Waals surface area contributed by atoms with E-state index in [0.717, 1.165) is 40.6 Å². The third-order valence-electron chi connectivity index (χ3n) is 5.00. The van der Waals surface area contributed by atoms with E-state index in [1.807, 2.05) is 24.3 Å². The maximum absolute atomic E-state index is 14.1. The van der Waals surface area contributed by atoms with Gasteiger partial charge < -0.3 is 9.73 Å². The summed E-state index contributed by atoms with van der Waals surface area (Å²) < 4.78 is 19.4. The molecule has 0 saturated heterocycles. The Balaban J connectivity index is 1.49. The fourth-order valence-electron chi connectivity index (χ4n) is 3.69. The number of fused-ring (bicyclic) bond motifs is 2. The second kappa shape index (κ2) is 5.95. The van der Waals surface area contributed by atoms with Gasteiger partial charge in [0.2, 0.25) is 0 Å². The van der Waals surface area contributed by atoms with Crippen LogP contribution in [0.1, 0.15) is 29.2 Å². The van der Waals surface area contributed by atoms with Crippen LogP contribution in [0.5, 0.6) is 0 Å². The van der Waals surface area contributed by atoms with Crippen LogP contribution in [0.4, 0.5) is 10.1 Å². The minimum Gasteiger partial charge on any atom is -0.442 e. The van der Waals surface area contributed by atoms with Crippen LogP contribution in [0.3, 0.4) is 0 Å². The van der Waals surface area contributed by atoms with Crippen LogP contribution in [-0.4, -0.2) is 15.2 Å². The van der Waals surface area contributed by atoms with Crippen LogP contribution < -0.4 is 5.32 Å². The van der Waals surface area contributed by atoms with Gasteiger partial charge in [-0.2, -0.15) is 10.4 Å². The normalized spacial score (nSPS) is 15.6. The van der Waals surface area contributed by atoms with E-state index in [2.05, 4.69) is 20.5 Å². The van der Waals surface area contributed by atoms with Crippen molar-refractivity contribution in [1.82, 2.24) is 15.2 Å². The van der Waals surface area contributed by atoms with Crippen LogP contribution in [0.25, 0.3) is 22.4 Å². The molecule has 0 spiro atoms. The van der Waals surface area contributed by atoms with Gasteiger partial charge in [0.15, 0.2) is 12.2 Å². The molecule has 0 fully saturated rings. The molecule has 5 rings (SSSR count). The summed E-state index contributed by atoms with van der Waals surface area (Å²) in [5.41, 5.74) is 4.54.